The van der Waals surface area contributed by atoms with Crippen LogP contribution in [0.4, 0.5) is 0 Å². The molecule has 0 heterocycles. The molecule has 0 aromatic carbocycles. The fraction of sp³-hybridized carbons (Fsp3) is 1.00. The molecule has 0 N–H and O–H groups in total. The molecule has 0 radical (unpaired) electrons. The van der Waals surface area contributed by atoms with Crippen molar-refractivity contribution in [2.45, 2.75) is 156 Å². The minimum atomic E-state index is 0.186. The quantitative estimate of drug-likeness (QED) is 0.136. The zero-order valence-electron chi connectivity index (χ0n) is 20.8. The Balaban J connectivity index is 3.60. The number of unbranched alkanes of at least 4 members (excludes halogenated alkanes) is 14. The Morgan fingerprint density at radius 2 is 0.893 bits per heavy atom. The van der Waals surface area contributed by atoms with Crippen molar-refractivity contribution in [3.05, 3.63) is 0 Å². The van der Waals surface area contributed by atoms with Gasteiger partial charge in [-0.2, -0.15) is 0 Å². The highest BCUT2D eigenvalue weighted by molar-refractivity contribution is 5.98. The minimum absolute atomic E-state index is 0.186. The third-order valence-corrected chi connectivity index (χ3v) is 7.10. The van der Waals surface area contributed by atoms with Crippen molar-refractivity contribution in [1.29, 1.82) is 0 Å². The smallest absolute Gasteiger partial charge is 0.146 e. The van der Waals surface area contributed by atoms with Crippen LogP contribution in [-0.4, -0.2) is 16.1 Å². The fourth-order valence-electron chi connectivity index (χ4n) is 4.86. The van der Waals surface area contributed by atoms with Gasteiger partial charge in [0.15, 0.2) is 0 Å². The molecule has 0 amide bonds. The van der Waals surface area contributed by atoms with E-state index >= 15 is 0 Å². The molecule has 0 bridgehead atoms. The molecule has 0 aliphatic carbocycles. The topological polar surface area (TPSA) is 9.23 Å². The number of rotatable bonds is 21. The van der Waals surface area contributed by atoms with Gasteiger partial charge in [-0.25, -0.2) is 0 Å². The van der Waals surface area contributed by atoms with Gasteiger partial charge >= 0.3 is 0 Å². The van der Waals surface area contributed by atoms with Crippen LogP contribution in [0.3, 0.4) is 0 Å². The van der Waals surface area contributed by atoms with Gasteiger partial charge in [0, 0.05) is 0 Å². The molecule has 0 aromatic rings. The maximum absolute atomic E-state index is 6.22. The Morgan fingerprint density at radius 1 is 0.571 bits per heavy atom. The van der Waals surface area contributed by atoms with Crippen molar-refractivity contribution in [2.75, 3.05) is 0 Å². The maximum atomic E-state index is 6.22. The van der Waals surface area contributed by atoms with Gasteiger partial charge in [-0.15, -0.1) is 0 Å². The van der Waals surface area contributed by atoms with Crippen LogP contribution < -0.4 is 0 Å². The first-order valence-electron chi connectivity index (χ1n) is 13.0. The van der Waals surface area contributed by atoms with Gasteiger partial charge in [0.25, 0.3) is 0 Å². The summed E-state index contributed by atoms with van der Waals surface area (Å²) in [5.74, 6) is 1.48. The molecule has 28 heavy (non-hydrogen) atoms. The third-order valence-electron chi connectivity index (χ3n) is 6.23. The van der Waals surface area contributed by atoms with Crippen LogP contribution in [0.15, 0.2) is 0 Å². The van der Waals surface area contributed by atoms with E-state index in [9.17, 15) is 0 Å². The molecular weight excluding hydrogens is 356 g/mol. The Morgan fingerprint density at radius 3 is 1.18 bits per heavy atom. The van der Waals surface area contributed by atoms with Crippen molar-refractivity contribution in [3.63, 3.8) is 0 Å². The van der Waals surface area contributed by atoms with Gasteiger partial charge in [0.2, 0.25) is 0 Å². The highest BCUT2D eigenvalue weighted by atomic mass is 28.2. The highest BCUT2D eigenvalue weighted by Crippen LogP contribution is 2.33. The summed E-state index contributed by atoms with van der Waals surface area (Å²) in [5.41, 5.74) is 0.186. The van der Waals surface area contributed by atoms with Crippen LogP contribution in [0.5, 0.6) is 0 Å². The van der Waals surface area contributed by atoms with E-state index in [0.717, 1.165) is 22.3 Å². The molecule has 0 aliphatic rings. The molecule has 0 aliphatic heterocycles. The molecule has 0 unspecified atom stereocenters. The second kappa shape index (κ2) is 19.2. The average Bonchev–Trinajstić information content (AvgIpc) is 2.63. The molecule has 0 aromatic heterocycles. The average molecular weight is 413 g/mol. The van der Waals surface area contributed by atoms with Gasteiger partial charge in [-0.1, -0.05) is 131 Å². The first kappa shape index (κ1) is 28.2. The zero-order valence-corrected chi connectivity index (χ0v) is 22.8. The standard InChI is InChI=1S/C26H56OSi/c1-6-7-8-9-10-11-12-13-14-15-16-17-18-19-20-21-26(27-28,22-24(2)3)23-25(4)5/h24-25H,6-23H2,1-5,28H3. The molecular formula is C26H56OSi. The van der Waals surface area contributed by atoms with E-state index in [0.29, 0.717) is 0 Å². The number of hydrogen-bond donors (Lipinski definition) is 0. The summed E-state index contributed by atoms with van der Waals surface area (Å²) in [5, 5.41) is 0. The van der Waals surface area contributed by atoms with Crippen molar-refractivity contribution in [3.8, 4) is 0 Å². The van der Waals surface area contributed by atoms with Gasteiger partial charge < -0.3 is 4.43 Å². The molecule has 0 saturated carbocycles. The second-order valence-electron chi connectivity index (χ2n) is 10.3. The Labute approximate surface area is 182 Å². The van der Waals surface area contributed by atoms with Crippen LogP contribution in [0.2, 0.25) is 0 Å². The SMILES string of the molecule is CCCCCCCCCCCCCCCCCC(CC(C)C)(CC(C)C)O[SiH3]. The lowest BCUT2D eigenvalue weighted by atomic mass is 9.81. The highest BCUT2D eigenvalue weighted by Gasteiger charge is 2.30. The van der Waals surface area contributed by atoms with Gasteiger partial charge in [-0.05, 0) is 31.1 Å². The summed E-state index contributed by atoms with van der Waals surface area (Å²) in [6.07, 6.45) is 25.4. The Hall–Kier alpha value is 0.177. The maximum Gasteiger partial charge on any atom is 0.146 e. The van der Waals surface area contributed by atoms with E-state index in [1.807, 2.05) is 0 Å². The largest absolute Gasteiger partial charge is 0.422 e. The molecule has 0 saturated heterocycles. The molecule has 1 nitrogen and oxygen atoms in total. The summed E-state index contributed by atoms with van der Waals surface area (Å²) >= 11 is 0. The predicted molar refractivity (Wildman–Crippen MR) is 132 cm³/mol. The van der Waals surface area contributed by atoms with E-state index in [1.165, 1.54) is 116 Å². The normalized spacial score (nSPS) is 12.5. The van der Waals surface area contributed by atoms with E-state index in [1.54, 1.807) is 0 Å². The molecule has 0 rings (SSSR count). The lowest BCUT2D eigenvalue weighted by Gasteiger charge is -2.36. The van der Waals surface area contributed by atoms with Crippen molar-refractivity contribution >= 4 is 10.5 Å². The van der Waals surface area contributed by atoms with Crippen LogP contribution in [0, 0.1) is 11.8 Å². The Kier molecular flexibility index (Phi) is 19.3. The van der Waals surface area contributed by atoms with Crippen LogP contribution >= 0.6 is 0 Å². The first-order chi connectivity index (χ1) is 13.5. The Bertz CT molecular complexity index is 304. The molecule has 0 atom stereocenters. The van der Waals surface area contributed by atoms with E-state index < -0.39 is 0 Å². The van der Waals surface area contributed by atoms with E-state index in [2.05, 4.69) is 34.6 Å². The van der Waals surface area contributed by atoms with E-state index in [4.69, 9.17) is 4.43 Å². The van der Waals surface area contributed by atoms with Crippen molar-refractivity contribution in [2.24, 2.45) is 11.8 Å². The molecule has 0 spiro atoms. The fourth-order valence-corrected chi connectivity index (χ4v) is 5.40. The van der Waals surface area contributed by atoms with Crippen molar-refractivity contribution < 1.29 is 4.43 Å². The molecule has 2 heteroatoms. The monoisotopic (exact) mass is 412 g/mol. The number of hydrogen-bond acceptors (Lipinski definition) is 1. The van der Waals surface area contributed by atoms with E-state index in [-0.39, 0.29) is 5.60 Å². The summed E-state index contributed by atoms with van der Waals surface area (Å²) < 4.78 is 6.22. The van der Waals surface area contributed by atoms with Gasteiger partial charge in [0.1, 0.15) is 10.5 Å². The van der Waals surface area contributed by atoms with Gasteiger partial charge in [0.05, 0.1) is 5.60 Å². The predicted octanol–water partition coefficient (Wildman–Crippen LogP) is 8.38. The minimum Gasteiger partial charge on any atom is -0.422 e. The van der Waals surface area contributed by atoms with Crippen LogP contribution in [0.1, 0.15) is 150 Å². The molecule has 0 fully saturated rings. The lowest BCUT2D eigenvalue weighted by Crippen LogP contribution is -2.35. The summed E-state index contributed by atoms with van der Waals surface area (Å²) in [6, 6.07) is 0. The molecule has 170 valence electrons. The third kappa shape index (κ3) is 17.1. The van der Waals surface area contributed by atoms with Crippen molar-refractivity contribution in [1.82, 2.24) is 0 Å². The zero-order chi connectivity index (χ0) is 21.1. The summed E-state index contributed by atoms with van der Waals surface area (Å²) in [7, 11) is 0.878. The first-order valence-corrected chi connectivity index (χ1v) is 13.8. The second-order valence-corrected chi connectivity index (χ2v) is 10.7. The van der Waals surface area contributed by atoms with Crippen LogP contribution in [0.25, 0.3) is 0 Å². The van der Waals surface area contributed by atoms with Gasteiger partial charge in [-0.3, -0.25) is 0 Å². The van der Waals surface area contributed by atoms with Crippen LogP contribution in [-0.2, 0) is 4.43 Å². The summed E-state index contributed by atoms with van der Waals surface area (Å²) in [6.45, 7) is 11.7. The summed E-state index contributed by atoms with van der Waals surface area (Å²) in [4.78, 5) is 0. The lowest BCUT2D eigenvalue weighted by molar-refractivity contribution is 0.0237.